The third kappa shape index (κ3) is 5.78. The van der Waals surface area contributed by atoms with Crippen molar-refractivity contribution in [1.82, 2.24) is 5.32 Å². The molecule has 0 aliphatic carbocycles. The fourth-order valence-corrected chi connectivity index (χ4v) is 1.92. The van der Waals surface area contributed by atoms with Crippen LogP contribution in [0, 0.1) is 25.7 Å². The molecule has 114 valence electrons. The van der Waals surface area contributed by atoms with Crippen molar-refractivity contribution in [2.75, 3.05) is 13.7 Å². The molecule has 1 amide bonds. The number of ether oxygens (including phenoxy) is 2. The molecule has 0 heterocycles. The Balaban J connectivity index is 2.62. The maximum atomic E-state index is 11.4. The average molecular weight is 289 g/mol. The van der Waals surface area contributed by atoms with Crippen LogP contribution in [-0.2, 0) is 4.74 Å². The fourth-order valence-electron chi connectivity index (χ4n) is 1.92. The first kappa shape index (κ1) is 16.9. The van der Waals surface area contributed by atoms with Crippen molar-refractivity contribution >= 4 is 6.09 Å². The molecule has 1 N–H and O–H groups in total. The van der Waals surface area contributed by atoms with Crippen LogP contribution in [0.4, 0.5) is 4.79 Å². The summed E-state index contributed by atoms with van der Waals surface area (Å²) in [7, 11) is 1.66. The van der Waals surface area contributed by atoms with E-state index in [1.807, 2.05) is 46.8 Å². The van der Waals surface area contributed by atoms with Gasteiger partial charge in [-0.15, -0.1) is 0 Å². The summed E-state index contributed by atoms with van der Waals surface area (Å²) in [5, 5.41) is 2.60. The summed E-state index contributed by atoms with van der Waals surface area (Å²) in [5.74, 6) is 6.81. The van der Waals surface area contributed by atoms with Gasteiger partial charge in [0.25, 0.3) is 0 Å². The van der Waals surface area contributed by atoms with Gasteiger partial charge in [0.15, 0.2) is 0 Å². The largest absolute Gasteiger partial charge is 0.496 e. The summed E-state index contributed by atoms with van der Waals surface area (Å²) >= 11 is 0. The highest BCUT2D eigenvalue weighted by Gasteiger charge is 2.15. The lowest BCUT2D eigenvalue weighted by molar-refractivity contribution is 0.0535. The summed E-state index contributed by atoms with van der Waals surface area (Å²) < 4.78 is 10.4. The minimum absolute atomic E-state index is 0.249. The maximum Gasteiger partial charge on any atom is 0.408 e. The minimum Gasteiger partial charge on any atom is -0.496 e. The van der Waals surface area contributed by atoms with Crippen molar-refractivity contribution in [3.63, 3.8) is 0 Å². The van der Waals surface area contributed by atoms with E-state index in [9.17, 15) is 4.79 Å². The van der Waals surface area contributed by atoms with E-state index >= 15 is 0 Å². The second kappa shape index (κ2) is 7.03. The van der Waals surface area contributed by atoms with Crippen molar-refractivity contribution in [2.24, 2.45) is 0 Å². The summed E-state index contributed by atoms with van der Waals surface area (Å²) in [6.45, 7) is 9.68. The molecule has 0 unspecified atom stereocenters. The van der Waals surface area contributed by atoms with Gasteiger partial charge in [-0.2, -0.15) is 0 Å². The van der Waals surface area contributed by atoms with Crippen LogP contribution < -0.4 is 10.1 Å². The van der Waals surface area contributed by atoms with E-state index in [0.717, 1.165) is 22.4 Å². The Bertz CT molecular complexity index is 551. The van der Waals surface area contributed by atoms with Gasteiger partial charge in [-0.1, -0.05) is 11.8 Å². The van der Waals surface area contributed by atoms with Crippen LogP contribution in [0.15, 0.2) is 12.1 Å². The molecular weight excluding hydrogens is 266 g/mol. The number of benzene rings is 1. The quantitative estimate of drug-likeness (QED) is 0.851. The topological polar surface area (TPSA) is 47.6 Å². The second-order valence-electron chi connectivity index (χ2n) is 5.80. The number of carbonyl (C=O) groups excluding carboxylic acids is 1. The molecule has 0 radical (unpaired) electrons. The predicted octanol–water partition coefficient (Wildman–Crippen LogP) is 3.19. The molecule has 0 fully saturated rings. The monoisotopic (exact) mass is 289 g/mol. The Kier molecular flexibility index (Phi) is 5.66. The van der Waals surface area contributed by atoms with Crippen molar-refractivity contribution in [2.45, 2.75) is 40.2 Å². The SMILES string of the molecule is COc1c(C)cc(C#CCNC(=O)OC(C)(C)C)cc1C. The number of alkyl carbamates (subject to hydrolysis) is 1. The maximum absolute atomic E-state index is 11.4. The Morgan fingerprint density at radius 3 is 2.29 bits per heavy atom. The van der Waals surface area contributed by atoms with Gasteiger partial charge in [0.05, 0.1) is 13.7 Å². The number of hydrogen-bond acceptors (Lipinski definition) is 3. The first-order valence-electron chi connectivity index (χ1n) is 6.84. The number of hydrogen-bond donors (Lipinski definition) is 1. The second-order valence-corrected chi connectivity index (χ2v) is 5.80. The highest BCUT2D eigenvalue weighted by Crippen LogP contribution is 2.23. The van der Waals surface area contributed by atoms with Crippen LogP contribution in [0.3, 0.4) is 0 Å². The Morgan fingerprint density at radius 1 is 1.24 bits per heavy atom. The van der Waals surface area contributed by atoms with Gasteiger partial charge in [-0.25, -0.2) is 4.79 Å². The van der Waals surface area contributed by atoms with E-state index in [-0.39, 0.29) is 6.54 Å². The van der Waals surface area contributed by atoms with Crippen LogP contribution in [0.25, 0.3) is 0 Å². The summed E-state index contributed by atoms with van der Waals surface area (Å²) in [5.41, 5.74) is 2.49. The van der Waals surface area contributed by atoms with E-state index in [2.05, 4.69) is 17.2 Å². The van der Waals surface area contributed by atoms with Crippen LogP contribution in [0.2, 0.25) is 0 Å². The van der Waals surface area contributed by atoms with Gasteiger partial charge in [0, 0.05) is 5.56 Å². The number of amides is 1. The zero-order chi connectivity index (χ0) is 16.0. The van der Waals surface area contributed by atoms with E-state index < -0.39 is 11.7 Å². The lowest BCUT2D eigenvalue weighted by Crippen LogP contribution is -2.32. The van der Waals surface area contributed by atoms with Gasteiger partial charge in [0.2, 0.25) is 0 Å². The predicted molar refractivity (Wildman–Crippen MR) is 83.6 cm³/mol. The highest BCUT2D eigenvalue weighted by molar-refractivity contribution is 5.68. The average Bonchev–Trinajstić information content (AvgIpc) is 2.32. The van der Waals surface area contributed by atoms with Gasteiger partial charge in [0.1, 0.15) is 11.4 Å². The Labute approximate surface area is 126 Å². The molecule has 4 nitrogen and oxygen atoms in total. The molecule has 4 heteroatoms. The van der Waals surface area contributed by atoms with Gasteiger partial charge >= 0.3 is 6.09 Å². The number of nitrogens with one attached hydrogen (secondary N) is 1. The zero-order valence-corrected chi connectivity index (χ0v) is 13.6. The van der Waals surface area contributed by atoms with Crippen molar-refractivity contribution in [3.8, 4) is 17.6 Å². The molecule has 0 aromatic heterocycles. The molecule has 1 aromatic carbocycles. The van der Waals surface area contributed by atoms with Crippen molar-refractivity contribution < 1.29 is 14.3 Å². The van der Waals surface area contributed by atoms with E-state index in [0.29, 0.717) is 0 Å². The minimum atomic E-state index is -0.498. The first-order valence-corrected chi connectivity index (χ1v) is 6.84. The number of methoxy groups -OCH3 is 1. The highest BCUT2D eigenvalue weighted by atomic mass is 16.6. The zero-order valence-electron chi connectivity index (χ0n) is 13.6. The number of aryl methyl sites for hydroxylation is 2. The smallest absolute Gasteiger partial charge is 0.408 e. The third-order valence-electron chi connectivity index (χ3n) is 2.62. The summed E-state index contributed by atoms with van der Waals surface area (Å²) in [6.07, 6.45) is -0.459. The molecule has 1 aromatic rings. The lowest BCUT2D eigenvalue weighted by Gasteiger charge is -2.19. The fraction of sp³-hybridized carbons (Fsp3) is 0.471. The van der Waals surface area contributed by atoms with Gasteiger partial charge in [-0.05, 0) is 57.9 Å². The van der Waals surface area contributed by atoms with Crippen LogP contribution >= 0.6 is 0 Å². The van der Waals surface area contributed by atoms with Crippen LogP contribution in [-0.4, -0.2) is 25.3 Å². The molecule has 0 aliphatic heterocycles. The number of rotatable bonds is 2. The van der Waals surface area contributed by atoms with E-state index in [1.165, 1.54) is 0 Å². The van der Waals surface area contributed by atoms with Crippen molar-refractivity contribution in [1.29, 1.82) is 0 Å². The molecule has 1 rings (SSSR count). The van der Waals surface area contributed by atoms with Crippen LogP contribution in [0.5, 0.6) is 5.75 Å². The molecule has 0 aliphatic rings. The standard InChI is InChI=1S/C17H23NO3/c1-12-10-14(11-13(2)15(12)20-6)8-7-9-18-16(19)21-17(3,4)5/h10-11H,9H2,1-6H3,(H,18,19). The third-order valence-corrected chi connectivity index (χ3v) is 2.62. The molecule has 0 atom stereocenters. The molecule has 0 saturated heterocycles. The number of carbonyl (C=O) groups is 1. The normalized spacial score (nSPS) is 10.4. The van der Waals surface area contributed by atoms with E-state index in [4.69, 9.17) is 9.47 Å². The molecule has 0 spiro atoms. The molecule has 0 bridgehead atoms. The summed E-state index contributed by atoms with van der Waals surface area (Å²) in [6, 6.07) is 3.93. The molecule has 21 heavy (non-hydrogen) atoms. The Morgan fingerprint density at radius 2 is 1.81 bits per heavy atom. The molecule has 0 saturated carbocycles. The van der Waals surface area contributed by atoms with E-state index in [1.54, 1.807) is 7.11 Å². The van der Waals surface area contributed by atoms with Gasteiger partial charge < -0.3 is 14.8 Å². The Hall–Kier alpha value is -2.15. The van der Waals surface area contributed by atoms with Crippen LogP contribution in [0.1, 0.15) is 37.5 Å². The lowest BCUT2D eigenvalue weighted by atomic mass is 10.1. The summed E-state index contributed by atoms with van der Waals surface area (Å²) in [4.78, 5) is 11.4. The first-order chi connectivity index (χ1) is 9.73. The molecular formula is C17H23NO3. The van der Waals surface area contributed by atoms with Gasteiger partial charge in [-0.3, -0.25) is 0 Å². The van der Waals surface area contributed by atoms with Crippen molar-refractivity contribution in [3.05, 3.63) is 28.8 Å².